The van der Waals surface area contributed by atoms with Crippen LogP contribution in [-0.4, -0.2) is 102 Å². The topological polar surface area (TPSA) is 179 Å². The van der Waals surface area contributed by atoms with Gasteiger partial charge < -0.3 is 45.5 Å². The van der Waals surface area contributed by atoms with Crippen LogP contribution < -0.4 is 31.2 Å². The summed E-state index contributed by atoms with van der Waals surface area (Å²) >= 11 is 8.47. The number of amides is 3. The number of carbonyl (C=O) groups excluding carboxylic acids is 3. The van der Waals surface area contributed by atoms with Crippen LogP contribution in [0.25, 0.3) is 22.3 Å². The number of ether oxygens (including phenoxy) is 4. The number of aromatic nitrogens is 2. The second-order valence-corrected chi connectivity index (χ2v) is 17.8. The number of carbonyl (C=O) groups is 3. The van der Waals surface area contributed by atoms with Crippen molar-refractivity contribution in [2.75, 3.05) is 38.2 Å². The molecule has 4 saturated carbocycles. The first-order valence-electron chi connectivity index (χ1n) is 18.8. The summed E-state index contributed by atoms with van der Waals surface area (Å²) in [7, 11) is 0. The summed E-state index contributed by atoms with van der Waals surface area (Å²) in [4.78, 5) is 51.4. The number of nitrogens with two attached hydrogens (primary N) is 1. The molecule has 16 heteroatoms. The van der Waals surface area contributed by atoms with E-state index in [1.165, 1.54) is 16.2 Å². The molecule has 14 nitrogen and oxygen atoms in total. The number of primary amides is 1. The van der Waals surface area contributed by atoms with Gasteiger partial charge in [-0.05, 0) is 55.6 Å². The summed E-state index contributed by atoms with van der Waals surface area (Å²) in [6.07, 6.45) is -0.277. The summed E-state index contributed by atoms with van der Waals surface area (Å²) < 4.78 is 24.2. The molecular formula is C38H48ClN7O7S. The maximum absolute atomic E-state index is 14.3. The third-order valence-electron chi connectivity index (χ3n) is 11.2. The van der Waals surface area contributed by atoms with E-state index in [0.29, 0.717) is 70.5 Å². The monoisotopic (exact) mass is 781 g/mol. The Balaban J connectivity index is 1.05. The number of alkyl carbamates (subject to hydrolysis) is 1. The predicted molar refractivity (Wildman–Crippen MR) is 204 cm³/mol. The maximum atomic E-state index is 14.3. The van der Waals surface area contributed by atoms with Crippen molar-refractivity contribution in [2.45, 2.75) is 83.8 Å². The van der Waals surface area contributed by atoms with Crippen molar-refractivity contribution in [3.8, 4) is 22.9 Å². The normalized spacial score (nSPS) is 28.8. The van der Waals surface area contributed by atoms with E-state index in [1.54, 1.807) is 12.1 Å². The summed E-state index contributed by atoms with van der Waals surface area (Å²) in [5, 5.41) is 13.1. The number of morpholine rings is 1. The van der Waals surface area contributed by atoms with E-state index in [1.807, 2.05) is 46.1 Å². The Hall–Kier alpha value is -3.92. The van der Waals surface area contributed by atoms with Gasteiger partial charge >= 0.3 is 6.09 Å². The Morgan fingerprint density at radius 1 is 1.13 bits per heavy atom. The van der Waals surface area contributed by atoms with Crippen molar-refractivity contribution < 1.29 is 33.3 Å². The van der Waals surface area contributed by atoms with Crippen LogP contribution >= 0.6 is 22.9 Å². The molecule has 6 fully saturated rings. The van der Waals surface area contributed by atoms with Crippen LogP contribution in [0.3, 0.4) is 0 Å². The van der Waals surface area contributed by atoms with Gasteiger partial charge in [0, 0.05) is 41.8 Å². The highest BCUT2D eigenvalue weighted by molar-refractivity contribution is 7.14. The van der Waals surface area contributed by atoms with E-state index in [4.69, 9.17) is 46.3 Å². The highest BCUT2D eigenvalue weighted by atomic mass is 35.5. The molecule has 4 heterocycles. The van der Waals surface area contributed by atoms with E-state index < -0.39 is 41.5 Å². The van der Waals surface area contributed by atoms with Crippen molar-refractivity contribution in [2.24, 2.45) is 34.8 Å². The fourth-order valence-corrected chi connectivity index (χ4v) is 9.56. The van der Waals surface area contributed by atoms with E-state index in [2.05, 4.69) is 16.0 Å². The number of fused-ring (bicyclic) bond motifs is 2. The van der Waals surface area contributed by atoms with Crippen molar-refractivity contribution >= 4 is 56.9 Å². The molecule has 2 bridgehead atoms. The van der Waals surface area contributed by atoms with Gasteiger partial charge in [0.05, 0.1) is 37.0 Å². The lowest BCUT2D eigenvalue weighted by Gasteiger charge is -2.35. The van der Waals surface area contributed by atoms with Crippen LogP contribution in [0.1, 0.15) is 47.5 Å². The second-order valence-electron chi connectivity index (χ2n) is 16.6. The highest BCUT2D eigenvalue weighted by Crippen LogP contribution is 2.82. The van der Waals surface area contributed by atoms with Gasteiger partial charge in [0.25, 0.3) is 0 Å². The predicted octanol–water partition coefficient (Wildman–Crippen LogP) is 4.44. The molecule has 4 aliphatic carbocycles. The van der Waals surface area contributed by atoms with Gasteiger partial charge in [0.1, 0.15) is 53.1 Å². The standard InChI is InChI=1S/C38H48ClN7O7S/c1-17(2)42-36-44-23(16-54-36)22-12-26(20-6-7-25(31(39)32(20)43-22)51-15-18-14-50-9-8-41-18)52-19-10-24(34(40)47)46(13-19)35(48)33(38(3,4)5)45-37(49)53-27-11-21-28-29(21)30(27)28/h6-7,12,16-19,21,24,27-30,33,41H,8-11,13-15H2,1-5H3,(H2,40,47)(H,42,44)(H,45,49)/t18-,19?,21?,24-,27-,28-,29?,30?,33+/m0/s1. The lowest BCUT2D eigenvalue weighted by Crippen LogP contribution is -2.57. The zero-order valence-electron chi connectivity index (χ0n) is 31.1. The lowest BCUT2D eigenvalue weighted by atomic mass is 9.85. The minimum Gasteiger partial charge on any atom is -0.490 e. The Morgan fingerprint density at radius 2 is 1.93 bits per heavy atom. The fraction of sp³-hybridized carbons (Fsp3) is 0.605. The van der Waals surface area contributed by atoms with E-state index >= 15 is 0 Å². The van der Waals surface area contributed by atoms with E-state index in [9.17, 15) is 14.4 Å². The summed E-state index contributed by atoms with van der Waals surface area (Å²) in [6, 6.07) is 3.71. The summed E-state index contributed by atoms with van der Waals surface area (Å²) in [5.41, 5.74) is 6.82. The number of hydrogen-bond donors (Lipinski definition) is 4. The molecule has 2 aliphatic heterocycles. The minimum atomic E-state index is -0.964. The van der Waals surface area contributed by atoms with Gasteiger partial charge in [-0.25, -0.2) is 14.8 Å². The first kappa shape index (κ1) is 37.0. The number of halogens is 1. The van der Waals surface area contributed by atoms with Crippen molar-refractivity contribution in [1.29, 1.82) is 0 Å². The molecule has 2 saturated heterocycles. The molecule has 3 aromatic rings. The van der Waals surface area contributed by atoms with Gasteiger partial charge in [0.15, 0.2) is 5.13 Å². The average molecular weight is 782 g/mol. The van der Waals surface area contributed by atoms with Crippen LogP contribution in [0.15, 0.2) is 23.6 Å². The van der Waals surface area contributed by atoms with Crippen LogP contribution in [0, 0.1) is 29.1 Å². The van der Waals surface area contributed by atoms with Crippen molar-refractivity contribution in [3.63, 3.8) is 0 Å². The Kier molecular flexibility index (Phi) is 9.80. The number of pyridine rings is 1. The molecule has 4 unspecified atom stereocenters. The second kappa shape index (κ2) is 14.3. The minimum absolute atomic E-state index is 0.0224. The van der Waals surface area contributed by atoms with Crippen LogP contribution in [0.4, 0.5) is 9.93 Å². The molecule has 0 radical (unpaired) electrons. The van der Waals surface area contributed by atoms with Crippen molar-refractivity contribution in [1.82, 2.24) is 25.5 Å². The number of benzene rings is 1. The van der Waals surface area contributed by atoms with Crippen molar-refractivity contribution in [3.05, 3.63) is 28.6 Å². The van der Waals surface area contributed by atoms with Crippen LogP contribution in [0.2, 0.25) is 5.02 Å². The Bertz CT molecular complexity index is 1930. The first-order chi connectivity index (χ1) is 25.8. The Morgan fingerprint density at radius 3 is 2.59 bits per heavy atom. The molecule has 9 rings (SSSR count). The Labute approximate surface area is 323 Å². The summed E-state index contributed by atoms with van der Waals surface area (Å²) in [5.74, 6) is 2.45. The smallest absolute Gasteiger partial charge is 0.408 e. The molecular weight excluding hydrogens is 734 g/mol. The third-order valence-corrected chi connectivity index (χ3v) is 12.4. The molecule has 5 N–H and O–H groups in total. The largest absolute Gasteiger partial charge is 0.490 e. The molecule has 0 spiro atoms. The molecule has 290 valence electrons. The zero-order chi connectivity index (χ0) is 38.1. The molecule has 9 atom stereocenters. The van der Waals surface area contributed by atoms with Gasteiger partial charge in [-0.2, -0.15) is 0 Å². The van der Waals surface area contributed by atoms with E-state index in [0.717, 1.165) is 29.9 Å². The van der Waals surface area contributed by atoms with Gasteiger partial charge in [-0.15, -0.1) is 11.3 Å². The van der Waals surface area contributed by atoms with Gasteiger partial charge in [-0.1, -0.05) is 32.4 Å². The average Bonchev–Trinajstić information content (AvgIpc) is 3.64. The number of thiazole rings is 1. The first-order valence-corrected chi connectivity index (χ1v) is 20.1. The highest BCUT2D eigenvalue weighted by Gasteiger charge is 2.81. The SMILES string of the molecule is CC(C)Nc1nc(-c2cc(OC3C[C@@H](C(N)=O)N(C(=O)[C@@H](NC(=O)O[C@H]4CC5C6C4[C@@H]56)C(C)(C)C)C3)c3ccc(OC[C@@H]4COCCN4)c(Cl)c3n2)cs1. The number of likely N-dealkylation sites (tertiary alicyclic amines) is 1. The van der Waals surface area contributed by atoms with Crippen LogP contribution in [0.5, 0.6) is 11.5 Å². The number of nitrogens with one attached hydrogen (secondary N) is 3. The lowest BCUT2D eigenvalue weighted by molar-refractivity contribution is -0.141. The van der Waals surface area contributed by atoms with Gasteiger partial charge in [0.2, 0.25) is 11.8 Å². The number of hydrogen-bond acceptors (Lipinski definition) is 12. The molecule has 2 aromatic heterocycles. The molecule has 6 aliphatic rings. The van der Waals surface area contributed by atoms with E-state index in [-0.39, 0.29) is 31.2 Å². The molecule has 3 amide bonds. The number of nitrogens with zero attached hydrogens (tertiary/aromatic N) is 3. The molecule has 54 heavy (non-hydrogen) atoms. The fourth-order valence-electron chi connectivity index (χ4n) is 8.45. The number of anilines is 1. The third kappa shape index (κ3) is 7.27. The van der Waals surface area contributed by atoms with Gasteiger partial charge in [-0.3, -0.25) is 9.59 Å². The zero-order valence-corrected chi connectivity index (χ0v) is 32.7. The summed E-state index contributed by atoms with van der Waals surface area (Å²) in [6.45, 7) is 12.0. The number of rotatable bonds is 12. The maximum Gasteiger partial charge on any atom is 0.408 e. The molecule has 1 aromatic carbocycles. The quantitative estimate of drug-likeness (QED) is 0.204. The van der Waals surface area contributed by atoms with Crippen LogP contribution in [-0.2, 0) is 19.1 Å².